The van der Waals surface area contributed by atoms with Crippen molar-refractivity contribution in [1.82, 2.24) is 9.97 Å². The summed E-state index contributed by atoms with van der Waals surface area (Å²) in [6.45, 7) is 5.08. The van der Waals surface area contributed by atoms with Crippen LogP contribution in [0.3, 0.4) is 0 Å². The predicted molar refractivity (Wildman–Crippen MR) is 123 cm³/mol. The zero-order valence-electron chi connectivity index (χ0n) is 17.9. The number of rotatable bonds is 6. The fraction of sp³-hybridized carbons (Fsp3) is 0.250. The number of nitrogens with zero attached hydrogens (tertiary/aromatic N) is 5. The van der Waals surface area contributed by atoms with Crippen molar-refractivity contribution < 1.29 is 9.53 Å². The molecule has 0 unspecified atom stereocenters. The lowest BCUT2D eigenvalue weighted by Crippen LogP contribution is -2.47. The standard InChI is InChI=1S/C24H24N6O2/c1-18-15-23(32-17-22(31)27-20-9-7-19(16-25)8-10-20)28-24(26-18)30-13-11-29(12-14-30)21-5-3-2-4-6-21/h2-10,15H,11-14,17H2,1H3,(H,27,31). The maximum atomic E-state index is 12.2. The molecule has 162 valence electrons. The van der Waals surface area contributed by atoms with Crippen LogP contribution in [0.25, 0.3) is 0 Å². The molecule has 0 aliphatic carbocycles. The molecule has 1 aliphatic rings. The molecule has 2 aromatic carbocycles. The molecule has 2 heterocycles. The van der Waals surface area contributed by atoms with E-state index in [2.05, 4.69) is 37.2 Å². The first kappa shape index (κ1) is 21.1. The summed E-state index contributed by atoms with van der Waals surface area (Å²) >= 11 is 0. The highest BCUT2D eigenvalue weighted by Crippen LogP contribution is 2.20. The molecule has 3 aromatic rings. The van der Waals surface area contributed by atoms with Crippen molar-refractivity contribution in [3.63, 3.8) is 0 Å². The number of hydrogen-bond donors (Lipinski definition) is 1. The number of hydrogen-bond acceptors (Lipinski definition) is 7. The van der Waals surface area contributed by atoms with E-state index in [1.165, 1.54) is 5.69 Å². The fourth-order valence-corrected chi connectivity index (χ4v) is 3.51. The van der Waals surface area contributed by atoms with E-state index in [1.54, 1.807) is 30.3 Å². The number of nitriles is 1. The Balaban J connectivity index is 1.33. The number of ether oxygens (including phenoxy) is 1. The van der Waals surface area contributed by atoms with Crippen LogP contribution in [0.15, 0.2) is 60.7 Å². The van der Waals surface area contributed by atoms with Crippen LogP contribution in [0.5, 0.6) is 5.88 Å². The molecule has 0 saturated carbocycles. The van der Waals surface area contributed by atoms with Gasteiger partial charge in [0.15, 0.2) is 6.61 Å². The Morgan fingerprint density at radius 3 is 2.41 bits per heavy atom. The smallest absolute Gasteiger partial charge is 0.262 e. The minimum atomic E-state index is -0.302. The highest BCUT2D eigenvalue weighted by atomic mass is 16.5. The molecule has 1 N–H and O–H groups in total. The highest BCUT2D eigenvalue weighted by molar-refractivity contribution is 5.91. The third kappa shape index (κ3) is 5.32. The van der Waals surface area contributed by atoms with Gasteiger partial charge in [0.05, 0.1) is 11.6 Å². The maximum absolute atomic E-state index is 12.2. The third-order valence-electron chi connectivity index (χ3n) is 5.15. The lowest BCUT2D eigenvalue weighted by Gasteiger charge is -2.36. The van der Waals surface area contributed by atoms with Crippen LogP contribution >= 0.6 is 0 Å². The van der Waals surface area contributed by atoms with Gasteiger partial charge in [0.25, 0.3) is 5.91 Å². The van der Waals surface area contributed by atoms with Crippen LogP contribution in [0, 0.1) is 18.3 Å². The monoisotopic (exact) mass is 428 g/mol. The Morgan fingerprint density at radius 2 is 1.72 bits per heavy atom. The Kier molecular flexibility index (Phi) is 6.46. The van der Waals surface area contributed by atoms with Crippen LogP contribution in [-0.4, -0.2) is 48.7 Å². The van der Waals surface area contributed by atoms with E-state index in [9.17, 15) is 4.79 Å². The van der Waals surface area contributed by atoms with Gasteiger partial charge in [0.1, 0.15) is 0 Å². The lowest BCUT2D eigenvalue weighted by atomic mass is 10.2. The molecule has 0 spiro atoms. The third-order valence-corrected chi connectivity index (χ3v) is 5.15. The minimum absolute atomic E-state index is 0.169. The van der Waals surface area contributed by atoms with Gasteiger partial charge in [0, 0.05) is 49.3 Å². The summed E-state index contributed by atoms with van der Waals surface area (Å²) in [6.07, 6.45) is 0. The first-order valence-corrected chi connectivity index (χ1v) is 10.4. The van der Waals surface area contributed by atoms with Crippen LogP contribution in [-0.2, 0) is 4.79 Å². The van der Waals surface area contributed by atoms with Gasteiger partial charge in [-0.05, 0) is 43.3 Å². The summed E-state index contributed by atoms with van der Waals surface area (Å²) in [5.41, 5.74) is 3.14. The van der Waals surface area contributed by atoms with Crippen molar-refractivity contribution in [1.29, 1.82) is 5.26 Å². The number of nitrogens with one attached hydrogen (secondary N) is 1. The molecule has 8 heteroatoms. The number of amides is 1. The largest absolute Gasteiger partial charge is 0.467 e. The van der Waals surface area contributed by atoms with Crippen molar-refractivity contribution >= 4 is 23.2 Å². The van der Waals surface area contributed by atoms with E-state index >= 15 is 0 Å². The van der Waals surface area contributed by atoms with Crippen LogP contribution in [0.2, 0.25) is 0 Å². The summed E-state index contributed by atoms with van der Waals surface area (Å²) in [7, 11) is 0. The maximum Gasteiger partial charge on any atom is 0.262 e. The molecule has 0 radical (unpaired) electrons. The molecule has 4 rings (SSSR count). The molecule has 8 nitrogen and oxygen atoms in total. The second-order valence-electron chi connectivity index (χ2n) is 7.48. The number of benzene rings is 2. The van der Waals surface area contributed by atoms with E-state index < -0.39 is 0 Å². The Labute approximate surface area is 187 Å². The topological polar surface area (TPSA) is 94.4 Å². The average Bonchev–Trinajstić information content (AvgIpc) is 2.83. The number of carbonyl (C=O) groups is 1. The summed E-state index contributed by atoms with van der Waals surface area (Å²) in [6, 6.07) is 20.8. The van der Waals surface area contributed by atoms with Crippen molar-refractivity contribution in [2.24, 2.45) is 0 Å². The van der Waals surface area contributed by atoms with Gasteiger partial charge < -0.3 is 19.9 Å². The van der Waals surface area contributed by atoms with Crippen molar-refractivity contribution in [3.05, 3.63) is 71.9 Å². The van der Waals surface area contributed by atoms with Gasteiger partial charge in [-0.1, -0.05) is 18.2 Å². The molecule has 1 aliphatic heterocycles. The van der Waals surface area contributed by atoms with Gasteiger partial charge in [-0.2, -0.15) is 10.2 Å². The lowest BCUT2D eigenvalue weighted by molar-refractivity contribution is -0.118. The highest BCUT2D eigenvalue weighted by Gasteiger charge is 2.20. The number of anilines is 3. The SMILES string of the molecule is Cc1cc(OCC(=O)Nc2ccc(C#N)cc2)nc(N2CCN(c3ccccc3)CC2)n1. The number of carbonyl (C=O) groups excluding carboxylic acids is 1. The van der Waals surface area contributed by atoms with Gasteiger partial charge in [0.2, 0.25) is 11.8 Å². The molecule has 1 aromatic heterocycles. The van der Waals surface area contributed by atoms with E-state index in [-0.39, 0.29) is 12.5 Å². The zero-order valence-corrected chi connectivity index (χ0v) is 17.9. The van der Waals surface area contributed by atoms with Crippen LogP contribution in [0.4, 0.5) is 17.3 Å². The number of piperazine rings is 1. The minimum Gasteiger partial charge on any atom is -0.467 e. The summed E-state index contributed by atoms with van der Waals surface area (Å²) in [5.74, 6) is 0.678. The number of para-hydroxylation sites is 1. The molecule has 1 saturated heterocycles. The van der Waals surface area contributed by atoms with Gasteiger partial charge in [-0.15, -0.1) is 0 Å². The Hall–Kier alpha value is -4.12. The van der Waals surface area contributed by atoms with Gasteiger partial charge in [-0.25, -0.2) is 4.98 Å². The second-order valence-corrected chi connectivity index (χ2v) is 7.48. The normalized spacial score (nSPS) is 13.4. The Bertz CT molecular complexity index is 1100. The summed E-state index contributed by atoms with van der Waals surface area (Å²) in [5, 5.41) is 11.6. The van der Waals surface area contributed by atoms with Gasteiger partial charge >= 0.3 is 0 Å². The van der Waals surface area contributed by atoms with E-state index in [4.69, 9.17) is 10.00 Å². The van der Waals surface area contributed by atoms with Crippen LogP contribution in [0.1, 0.15) is 11.3 Å². The number of aromatic nitrogens is 2. The first-order chi connectivity index (χ1) is 15.6. The molecule has 1 fully saturated rings. The summed E-state index contributed by atoms with van der Waals surface area (Å²) in [4.78, 5) is 25.8. The van der Waals surface area contributed by atoms with E-state index in [1.807, 2.05) is 31.2 Å². The first-order valence-electron chi connectivity index (χ1n) is 10.4. The van der Waals surface area contributed by atoms with E-state index in [0.29, 0.717) is 23.1 Å². The van der Waals surface area contributed by atoms with Gasteiger partial charge in [-0.3, -0.25) is 4.79 Å². The summed E-state index contributed by atoms with van der Waals surface area (Å²) < 4.78 is 5.64. The number of aryl methyl sites for hydroxylation is 1. The molecule has 32 heavy (non-hydrogen) atoms. The van der Waals surface area contributed by atoms with E-state index in [0.717, 1.165) is 31.9 Å². The van der Waals surface area contributed by atoms with Crippen molar-refractivity contribution in [3.8, 4) is 11.9 Å². The quantitative estimate of drug-likeness (QED) is 0.645. The molecule has 0 bridgehead atoms. The fourth-order valence-electron chi connectivity index (χ4n) is 3.51. The predicted octanol–water partition coefficient (Wildman–Crippen LogP) is 3.00. The Morgan fingerprint density at radius 1 is 1.03 bits per heavy atom. The molecule has 0 atom stereocenters. The molecular formula is C24H24N6O2. The average molecular weight is 428 g/mol. The molecular weight excluding hydrogens is 404 g/mol. The van der Waals surface area contributed by atoms with Crippen molar-refractivity contribution in [2.45, 2.75) is 6.92 Å². The zero-order chi connectivity index (χ0) is 22.3. The van der Waals surface area contributed by atoms with Crippen molar-refractivity contribution in [2.75, 3.05) is 47.9 Å². The van der Waals surface area contributed by atoms with Crippen LogP contribution < -0.4 is 19.9 Å². The second kappa shape index (κ2) is 9.79. The molecule has 1 amide bonds.